The molecule has 0 bridgehead atoms. The van der Waals surface area contributed by atoms with Crippen molar-refractivity contribution >= 4 is 17.5 Å². The van der Waals surface area contributed by atoms with Crippen LogP contribution in [0.2, 0.25) is 0 Å². The van der Waals surface area contributed by atoms with Gasteiger partial charge >= 0.3 is 5.97 Å². The number of aromatic nitrogens is 1. The van der Waals surface area contributed by atoms with E-state index in [1.54, 1.807) is 0 Å². The summed E-state index contributed by atoms with van der Waals surface area (Å²) in [7, 11) is 0. The number of carboxylic acids is 1. The Balaban J connectivity index is 2.38. The fraction of sp³-hybridized carbons (Fsp3) is 0.538. The molecular formula is C13H19N3O2. The average Bonchev–Trinajstić information content (AvgIpc) is 2.33. The first-order valence-corrected chi connectivity index (χ1v) is 6.26. The first-order valence-electron chi connectivity index (χ1n) is 6.26. The van der Waals surface area contributed by atoms with Gasteiger partial charge < -0.3 is 15.7 Å². The standard InChI is InChI=1S/C13H19N3O2/c1-8-4-3-7-16(9(8)2)12-11(14)10(13(17)18)5-6-15-12/h5-6,8-9H,3-4,7,14H2,1-2H3,(H,17,18). The zero-order chi connectivity index (χ0) is 13.3. The molecular weight excluding hydrogens is 230 g/mol. The quantitative estimate of drug-likeness (QED) is 0.837. The highest BCUT2D eigenvalue weighted by Crippen LogP contribution is 2.31. The molecule has 1 aliphatic rings. The maximum Gasteiger partial charge on any atom is 0.337 e. The topological polar surface area (TPSA) is 79.5 Å². The molecule has 1 aromatic rings. The molecule has 98 valence electrons. The highest BCUT2D eigenvalue weighted by atomic mass is 16.4. The van der Waals surface area contributed by atoms with E-state index in [2.05, 4.69) is 23.7 Å². The summed E-state index contributed by atoms with van der Waals surface area (Å²) >= 11 is 0. The van der Waals surface area contributed by atoms with Crippen LogP contribution in [-0.4, -0.2) is 28.6 Å². The van der Waals surface area contributed by atoms with Crippen LogP contribution in [0.5, 0.6) is 0 Å². The van der Waals surface area contributed by atoms with Crippen molar-refractivity contribution in [1.82, 2.24) is 4.98 Å². The van der Waals surface area contributed by atoms with Crippen LogP contribution in [0.25, 0.3) is 0 Å². The fourth-order valence-electron chi connectivity index (χ4n) is 2.51. The Hall–Kier alpha value is -1.78. The first kappa shape index (κ1) is 12.7. The van der Waals surface area contributed by atoms with E-state index >= 15 is 0 Å². The number of piperidine rings is 1. The van der Waals surface area contributed by atoms with Gasteiger partial charge in [0.05, 0.1) is 11.3 Å². The molecule has 2 heterocycles. The molecule has 1 aliphatic heterocycles. The molecule has 5 heteroatoms. The van der Waals surface area contributed by atoms with Gasteiger partial charge in [0.25, 0.3) is 0 Å². The van der Waals surface area contributed by atoms with Gasteiger partial charge in [-0.15, -0.1) is 0 Å². The molecule has 0 amide bonds. The van der Waals surface area contributed by atoms with Crippen molar-refractivity contribution in [3.05, 3.63) is 17.8 Å². The van der Waals surface area contributed by atoms with E-state index in [0.717, 1.165) is 13.0 Å². The summed E-state index contributed by atoms with van der Waals surface area (Å²) in [5.74, 6) is 0.163. The molecule has 5 nitrogen and oxygen atoms in total. The van der Waals surface area contributed by atoms with Gasteiger partial charge in [0, 0.05) is 18.8 Å². The molecule has 2 atom stereocenters. The van der Waals surface area contributed by atoms with Gasteiger partial charge in [-0.1, -0.05) is 6.92 Å². The lowest BCUT2D eigenvalue weighted by molar-refractivity contribution is 0.0698. The molecule has 0 aliphatic carbocycles. The Labute approximate surface area is 107 Å². The Morgan fingerprint density at radius 3 is 2.94 bits per heavy atom. The monoisotopic (exact) mass is 249 g/mol. The van der Waals surface area contributed by atoms with Gasteiger partial charge in [-0.25, -0.2) is 9.78 Å². The highest BCUT2D eigenvalue weighted by Gasteiger charge is 2.28. The molecule has 0 aromatic carbocycles. The van der Waals surface area contributed by atoms with E-state index in [4.69, 9.17) is 10.8 Å². The third-order valence-electron chi connectivity index (χ3n) is 3.85. The molecule has 1 fully saturated rings. The molecule has 0 spiro atoms. The average molecular weight is 249 g/mol. The number of pyridine rings is 1. The van der Waals surface area contributed by atoms with Crippen molar-refractivity contribution < 1.29 is 9.90 Å². The van der Waals surface area contributed by atoms with Crippen molar-refractivity contribution in [2.24, 2.45) is 5.92 Å². The number of hydrogen-bond donors (Lipinski definition) is 2. The predicted molar refractivity (Wildman–Crippen MR) is 70.8 cm³/mol. The van der Waals surface area contributed by atoms with Gasteiger partial charge in [-0.05, 0) is 31.7 Å². The van der Waals surface area contributed by atoms with Crippen LogP contribution < -0.4 is 10.6 Å². The van der Waals surface area contributed by atoms with Crippen molar-refractivity contribution in [3.63, 3.8) is 0 Å². The van der Waals surface area contributed by atoms with Crippen LogP contribution >= 0.6 is 0 Å². The zero-order valence-electron chi connectivity index (χ0n) is 10.8. The summed E-state index contributed by atoms with van der Waals surface area (Å²) in [6.45, 7) is 5.22. The second kappa shape index (κ2) is 4.84. The minimum Gasteiger partial charge on any atom is -0.478 e. The summed E-state index contributed by atoms with van der Waals surface area (Å²) in [5, 5.41) is 9.08. The molecule has 1 aromatic heterocycles. The van der Waals surface area contributed by atoms with Crippen molar-refractivity contribution in [2.75, 3.05) is 17.2 Å². The second-order valence-corrected chi connectivity index (χ2v) is 4.95. The maximum absolute atomic E-state index is 11.1. The van der Waals surface area contributed by atoms with Crippen LogP contribution in [0.4, 0.5) is 11.5 Å². The summed E-state index contributed by atoms with van der Waals surface area (Å²) in [5.41, 5.74) is 6.34. The first-order chi connectivity index (χ1) is 8.52. The van der Waals surface area contributed by atoms with E-state index in [-0.39, 0.29) is 11.3 Å². The predicted octanol–water partition coefficient (Wildman–Crippen LogP) is 1.99. The number of carboxylic acid groups (broad SMARTS) is 1. The lowest BCUT2D eigenvalue weighted by Gasteiger charge is -2.39. The van der Waals surface area contributed by atoms with Crippen LogP contribution in [0.3, 0.4) is 0 Å². The Morgan fingerprint density at radius 1 is 1.56 bits per heavy atom. The number of aromatic carboxylic acids is 1. The summed E-state index contributed by atoms with van der Waals surface area (Å²) < 4.78 is 0. The van der Waals surface area contributed by atoms with Crippen molar-refractivity contribution in [3.8, 4) is 0 Å². The van der Waals surface area contributed by atoms with Gasteiger partial charge in [-0.2, -0.15) is 0 Å². The Bertz CT molecular complexity index is 462. The van der Waals surface area contributed by atoms with E-state index in [9.17, 15) is 4.79 Å². The summed E-state index contributed by atoms with van der Waals surface area (Å²) in [6.07, 6.45) is 3.79. The lowest BCUT2D eigenvalue weighted by atomic mass is 9.92. The highest BCUT2D eigenvalue weighted by molar-refractivity contribution is 5.96. The summed E-state index contributed by atoms with van der Waals surface area (Å²) in [6, 6.07) is 1.77. The Kier molecular flexibility index (Phi) is 3.41. The number of hydrogen-bond acceptors (Lipinski definition) is 4. The Morgan fingerprint density at radius 2 is 2.28 bits per heavy atom. The third-order valence-corrected chi connectivity index (χ3v) is 3.85. The zero-order valence-corrected chi connectivity index (χ0v) is 10.8. The van der Waals surface area contributed by atoms with Crippen LogP contribution in [0, 0.1) is 5.92 Å². The number of anilines is 2. The number of nitrogens with zero attached hydrogens (tertiary/aromatic N) is 2. The molecule has 0 saturated carbocycles. The van der Waals surface area contributed by atoms with Gasteiger partial charge in [0.2, 0.25) is 0 Å². The van der Waals surface area contributed by atoms with Crippen molar-refractivity contribution in [1.29, 1.82) is 0 Å². The van der Waals surface area contributed by atoms with Crippen LogP contribution in [0.15, 0.2) is 12.3 Å². The lowest BCUT2D eigenvalue weighted by Crippen LogP contribution is -2.43. The van der Waals surface area contributed by atoms with E-state index in [0.29, 0.717) is 17.8 Å². The smallest absolute Gasteiger partial charge is 0.337 e. The molecule has 2 unspecified atom stereocenters. The minimum atomic E-state index is -1.01. The van der Waals surface area contributed by atoms with Gasteiger partial charge in [0.15, 0.2) is 5.82 Å². The SMILES string of the molecule is CC1CCCN(c2nccc(C(=O)O)c2N)C1C. The molecule has 2 rings (SSSR count). The van der Waals surface area contributed by atoms with E-state index in [1.165, 1.54) is 18.7 Å². The largest absolute Gasteiger partial charge is 0.478 e. The van der Waals surface area contributed by atoms with E-state index < -0.39 is 5.97 Å². The normalized spacial score (nSPS) is 24.0. The van der Waals surface area contributed by atoms with Crippen molar-refractivity contribution in [2.45, 2.75) is 32.7 Å². The number of rotatable bonds is 2. The third kappa shape index (κ3) is 2.12. The van der Waals surface area contributed by atoms with Gasteiger partial charge in [-0.3, -0.25) is 0 Å². The van der Waals surface area contributed by atoms with Crippen LogP contribution in [0.1, 0.15) is 37.0 Å². The fourth-order valence-corrected chi connectivity index (χ4v) is 2.51. The number of nitrogen functional groups attached to an aromatic ring is 1. The van der Waals surface area contributed by atoms with Gasteiger partial charge in [0.1, 0.15) is 0 Å². The van der Waals surface area contributed by atoms with Crippen LogP contribution in [-0.2, 0) is 0 Å². The maximum atomic E-state index is 11.1. The van der Waals surface area contributed by atoms with E-state index in [1.807, 2.05) is 0 Å². The molecule has 18 heavy (non-hydrogen) atoms. The summed E-state index contributed by atoms with van der Waals surface area (Å²) in [4.78, 5) is 17.5. The number of carbonyl (C=O) groups is 1. The second-order valence-electron chi connectivity index (χ2n) is 4.95. The molecule has 0 radical (unpaired) electrons. The minimum absolute atomic E-state index is 0.130. The molecule has 3 N–H and O–H groups in total. The number of nitrogens with two attached hydrogens (primary N) is 1. The molecule has 1 saturated heterocycles.